The normalized spacial score (nSPS) is 10.2. The molecule has 0 aliphatic heterocycles. The first kappa shape index (κ1) is 10.2. The second-order valence-electron chi connectivity index (χ2n) is 3.66. The Balaban J connectivity index is 2.62. The first-order valence-electron chi connectivity index (χ1n) is 4.81. The Labute approximate surface area is 93.3 Å². The number of anilines is 3. The molecule has 0 unspecified atom stereocenters. The second kappa shape index (κ2) is 3.66. The Hall–Kier alpha value is -2.36. The lowest BCUT2D eigenvalue weighted by Gasteiger charge is -2.08. The summed E-state index contributed by atoms with van der Waals surface area (Å²) in [5.41, 5.74) is 20.4. The first-order valence-corrected chi connectivity index (χ1v) is 4.81. The van der Waals surface area contributed by atoms with E-state index in [0.29, 0.717) is 17.1 Å². The maximum atomic E-state index is 9.46. The van der Waals surface area contributed by atoms with Crippen LogP contribution >= 0.6 is 0 Å². The van der Waals surface area contributed by atoms with E-state index in [1.165, 1.54) is 6.07 Å². The first-order chi connectivity index (χ1) is 7.56. The van der Waals surface area contributed by atoms with E-state index in [4.69, 9.17) is 17.2 Å². The van der Waals surface area contributed by atoms with E-state index in [1.54, 1.807) is 30.3 Å². The minimum Gasteiger partial charge on any atom is -0.508 e. The van der Waals surface area contributed by atoms with Gasteiger partial charge in [-0.05, 0) is 35.9 Å². The number of rotatable bonds is 1. The van der Waals surface area contributed by atoms with Gasteiger partial charge in [0.1, 0.15) is 5.75 Å². The predicted octanol–water partition coefficient (Wildman–Crippen LogP) is 1.81. The highest BCUT2D eigenvalue weighted by Gasteiger charge is 2.05. The molecule has 0 spiro atoms. The van der Waals surface area contributed by atoms with Crippen molar-refractivity contribution in [2.45, 2.75) is 0 Å². The van der Waals surface area contributed by atoms with E-state index in [0.717, 1.165) is 11.1 Å². The number of phenolic OH excluding ortho intramolecular Hbond substituents is 1. The van der Waals surface area contributed by atoms with Crippen molar-refractivity contribution in [3.63, 3.8) is 0 Å². The van der Waals surface area contributed by atoms with Gasteiger partial charge in [0.25, 0.3) is 0 Å². The average Bonchev–Trinajstić information content (AvgIpc) is 2.20. The summed E-state index contributed by atoms with van der Waals surface area (Å²) in [7, 11) is 0. The van der Waals surface area contributed by atoms with Crippen molar-refractivity contribution in [2.24, 2.45) is 0 Å². The minimum absolute atomic E-state index is 0.108. The molecule has 7 N–H and O–H groups in total. The van der Waals surface area contributed by atoms with Crippen LogP contribution in [0.2, 0.25) is 0 Å². The number of nitrogens with two attached hydrogens (primary N) is 3. The van der Waals surface area contributed by atoms with Gasteiger partial charge in [0.2, 0.25) is 0 Å². The van der Waals surface area contributed by atoms with Crippen LogP contribution in [0.3, 0.4) is 0 Å². The van der Waals surface area contributed by atoms with E-state index in [1.807, 2.05) is 0 Å². The van der Waals surface area contributed by atoms with Gasteiger partial charge in [-0.2, -0.15) is 0 Å². The van der Waals surface area contributed by atoms with Crippen LogP contribution < -0.4 is 17.2 Å². The van der Waals surface area contributed by atoms with E-state index in [2.05, 4.69) is 0 Å². The number of phenols is 1. The number of hydrogen-bond acceptors (Lipinski definition) is 4. The van der Waals surface area contributed by atoms with Gasteiger partial charge in [0, 0.05) is 28.7 Å². The monoisotopic (exact) mass is 215 g/mol. The molecule has 0 heterocycles. The molecular formula is C12H13N3O. The van der Waals surface area contributed by atoms with Crippen LogP contribution in [0.4, 0.5) is 17.1 Å². The van der Waals surface area contributed by atoms with Crippen LogP contribution in [0.15, 0.2) is 36.4 Å². The molecule has 82 valence electrons. The van der Waals surface area contributed by atoms with Crippen LogP contribution in [0.25, 0.3) is 11.1 Å². The van der Waals surface area contributed by atoms with Crippen LogP contribution in [0.5, 0.6) is 5.75 Å². The van der Waals surface area contributed by atoms with E-state index in [-0.39, 0.29) is 5.75 Å². The van der Waals surface area contributed by atoms with Crippen molar-refractivity contribution in [2.75, 3.05) is 17.2 Å². The fourth-order valence-electron chi connectivity index (χ4n) is 1.61. The van der Waals surface area contributed by atoms with E-state index >= 15 is 0 Å². The van der Waals surface area contributed by atoms with Gasteiger partial charge in [-0.15, -0.1) is 0 Å². The maximum Gasteiger partial charge on any atom is 0.118 e. The summed E-state index contributed by atoms with van der Waals surface area (Å²) in [4.78, 5) is 0. The topological polar surface area (TPSA) is 98.3 Å². The van der Waals surface area contributed by atoms with Gasteiger partial charge >= 0.3 is 0 Å². The molecule has 2 aromatic carbocycles. The molecule has 0 amide bonds. The molecule has 0 aliphatic rings. The van der Waals surface area contributed by atoms with Gasteiger partial charge < -0.3 is 22.3 Å². The Morgan fingerprint density at radius 1 is 0.812 bits per heavy atom. The SMILES string of the molecule is Nc1cc(O)cc(-c2cc(N)ccc2N)c1. The summed E-state index contributed by atoms with van der Waals surface area (Å²) in [5.74, 6) is 0.108. The van der Waals surface area contributed by atoms with Crippen molar-refractivity contribution in [3.05, 3.63) is 36.4 Å². The fraction of sp³-hybridized carbons (Fsp3) is 0. The third-order valence-electron chi connectivity index (χ3n) is 2.33. The molecule has 16 heavy (non-hydrogen) atoms. The zero-order valence-electron chi connectivity index (χ0n) is 8.64. The molecule has 0 bridgehead atoms. The quantitative estimate of drug-likeness (QED) is 0.545. The molecule has 0 aliphatic carbocycles. The lowest BCUT2D eigenvalue weighted by atomic mass is 10.0. The lowest BCUT2D eigenvalue weighted by molar-refractivity contribution is 0.476. The molecule has 4 heteroatoms. The van der Waals surface area contributed by atoms with Crippen molar-refractivity contribution >= 4 is 17.1 Å². The van der Waals surface area contributed by atoms with Gasteiger partial charge in [0.15, 0.2) is 0 Å². The third kappa shape index (κ3) is 1.86. The third-order valence-corrected chi connectivity index (χ3v) is 2.33. The van der Waals surface area contributed by atoms with E-state index < -0.39 is 0 Å². The molecule has 2 rings (SSSR count). The molecule has 0 saturated heterocycles. The fourth-order valence-corrected chi connectivity index (χ4v) is 1.61. The summed E-state index contributed by atoms with van der Waals surface area (Å²) in [6, 6.07) is 10.0. The number of aromatic hydroxyl groups is 1. The van der Waals surface area contributed by atoms with Crippen LogP contribution in [0, 0.1) is 0 Å². The van der Waals surface area contributed by atoms with Gasteiger partial charge in [-0.1, -0.05) is 0 Å². The summed E-state index contributed by atoms with van der Waals surface area (Å²) in [6.07, 6.45) is 0. The summed E-state index contributed by atoms with van der Waals surface area (Å²) < 4.78 is 0. The smallest absolute Gasteiger partial charge is 0.118 e. The highest BCUT2D eigenvalue weighted by atomic mass is 16.3. The van der Waals surface area contributed by atoms with Gasteiger partial charge in [-0.25, -0.2) is 0 Å². The maximum absolute atomic E-state index is 9.46. The predicted molar refractivity (Wildman–Crippen MR) is 66.8 cm³/mol. The number of hydrogen-bond donors (Lipinski definition) is 4. The summed E-state index contributed by atoms with van der Waals surface area (Å²) >= 11 is 0. The van der Waals surface area contributed by atoms with Gasteiger partial charge in [-0.3, -0.25) is 0 Å². The largest absolute Gasteiger partial charge is 0.508 e. The number of nitrogen functional groups attached to an aromatic ring is 3. The lowest BCUT2D eigenvalue weighted by Crippen LogP contribution is -1.94. The molecule has 0 aromatic heterocycles. The van der Waals surface area contributed by atoms with Crippen molar-refractivity contribution in [1.29, 1.82) is 0 Å². The summed E-state index contributed by atoms with van der Waals surface area (Å²) in [6.45, 7) is 0. The highest BCUT2D eigenvalue weighted by molar-refractivity contribution is 5.81. The Kier molecular flexibility index (Phi) is 2.32. The Morgan fingerprint density at radius 2 is 1.56 bits per heavy atom. The standard InChI is InChI=1S/C12H13N3O/c13-8-1-2-12(15)11(6-8)7-3-9(14)5-10(16)4-7/h1-6,16H,13-15H2. The molecular weight excluding hydrogens is 202 g/mol. The van der Waals surface area contributed by atoms with Gasteiger partial charge in [0.05, 0.1) is 0 Å². The van der Waals surface area contributed by atoms with E-state index in [9.17, 15) is 5.11 Å². The second-order valence-corrected chi connectivity index (χ2v) is 3.66. The Morgan fingerprint density at radius 3 is 2.25 bits per heavy atom. The highest BCUT2D eigenvalue weighted by Crippen LogP contribution is 2.31. The number of benzene rings is 2. The molecule has 2 aromatic rings. The van der Waals surface area contributed by atoms with Crippen molar-refractivity contribution in [3.8, 4) is 16.9 Å². The zero-order valence-corrected chi connectivity index (χ0v) is 8.64. The Bertz CT molecular complexity index is 518. The molecule has 0 radical (unpaired) electrons. The molecule has 0 atom stereocenters. The van der Waals surface area contributed by atoms with Crippen molar-refractivity contribution < 1.29 is 5.11 Å². The zero-order chi connectivity index (χ0) is 11.7. The molecule has 0 saturated carbocycles. The molecule has 0 fully saturated rings. The van der Waals surface area contributed by atoms with Crippen molar-refractivity contribution in [1.82, 2.24) is 0 Å². The average molecular weight is 215 g/mol. The summed E-state index contributed by atoms with van der Waals surface area (Å²) in [5, 5.41) is 9.46. The van der Waals surface area contributed by atoms with Crippen LogP contribution in [-0.2, 0) is 0 Å². The molecule has 4 nitrogen and oxygen atoms in total. The van der Waals surface area contributed by atoms with Crippen LogP contribution in [0.1, 0.15) is 0 Å². The minimum atomic E-state index is 0.108. The van der Waals surface area contributed by atoms with Crippen LogP contribution in [-0.4, -0.2) is 5.11 Å².